The van der Waals surface area contributed by atoms with Gasteiger partial charge in [0.05, 0.1) is 4.83 Å². The second-order valence-electron chi connectivity index (χ2n) is 5.37. The van der Waals surface area contributed by atoms with Gasteiger partial charge in [0.15, 0.2) is 0 Å². The molecule has 0 aromatic heterocycles. The molecule has 0 spiro atoms. The molecule has 0 saturated heterocycles. The van der Waals surface area contributed by atoms with Crippen molar-refractivity contribution in [3.05, 3.63) is 67.2 Å². The lowest BCUT2D eigenvalue weighted by molar-refractivity contribution is 0.647. The molecule has 1 atom stereocenters. The van der Waals surface area contributed by atoms with E-state index >= 15 is 0 Å². The van der Waals surface area contributed by atoms with Crippen molar-refractivity contribution in [1.29, 1.82) is 0 Å². The summed E-state index contributed by atoms with van der Waals surface area (Å²) in [5.74, 6) is 0.701. The Morgan fingerprint density at radius 3 is 2.30 bits per heavy atom. The highest BCUT2D eigenvalue weighted by Gasteiger charge is 2.14. The maximum Gasteiger partial charge on any atom is 0.0655 e. The molecule has 2 aromatic carbocycles. The van der Waals surface area contributed by atoms with Gasteiger partial charge >= 0.3 is 0 Å². The fourth-order valence-corrected chi connectivity index (χ4v) is 4.32. The molecular weight excluding hydrogens is 491 g/mol. The Hall–Kier alpha value is 0.130. The molecule has 0 saturated carbocycles. The highest BCUT2D eigenvalue weighted by molar-refractivity contribution is 14.1. The number of benzene rings is 2. The smallest absolute Gasteiger partial charge is 0.0655 e. The van der Waals surface area contributed by atoms with Gasteiger partial charge in [-0.05, 0) is 69.8 Å². The van der Waals surface area contributed by atoms with Crippen LogP contribution < -0.4 is 0 Å². The van der Waals surface area contributed by atoms with Crippen LogP contribution in [0.5, 0.6) is 0 Å². The molecule has 0 fully saturated rings. The van der Waals surface area contributed by atoms with Gasteiger partial charge in [-0.15, -0.1) is 0 Å². The van der Waals surface area contributed by atoms with Crippen molar-refractivity contribution in [2.24, 2.45) is 5.92 Å². The Kier molecular flexibility index (Phi) is 6.11. The third-order valence-corrected chi connectivity index (χ3v) is 5.64. The summed E-state index contributed by atoms with van der Waals surface area (Å²) in [6.45, 7) is 4.51. The van der Waals surface area contributed by atoms with Crippen LogP contribution in [-0.2, 0) is 6.42 Å². The van der Waals surface area contributed by atoms with Gasteiger partial charge < -0.3 is 0 Å². The van der Waals surface area contributed by atoms with Crippen molar-refractivity contribution in [1.82, 2.24) is 0 Å². The molecule has 3 heteroatoms. The quantitative estimate of drug-likeness (QED) is 0.318. The third-order valence-electron chi connectivity index (χ3n) is 3.15. The van der Waals surface area contributed by atoms with Crippen LogP contribution in [0.1, 0.15) is 35.4 Å². The second-order valence-corrected chi connectivity index (χ2v) is 8.36. The van der Waals surface area contributed by atoms with E-state index in [1.54, 1.807) is 0 Å². The van der Waals surface area contributed by atoms with Crippen LogP contribution in [0.4, 0.5) is 0 Å². The number of halogens is 3. The summed E-state index contributed by atoms with van der Waals surface area (Å²) < 4.78 is 2.40. The van der Waals surface area contributed by atoms with E-state index in [-0.39, 0.29) is 4.83 Å². The van der Waals surface area contributed by atoms with Crippen molar-refractivity contribution in [2.45, 2.75) is 25.1 Å². The Bertz CT molecular complexity index is 576. The molecule has 2 aromatic rings. The molecule has 2 rings (SSSR count). The minimum absolute atomic E-state index is 0.236. The summed E-state index contributed by atoms with van der Waals surface area (Å²) in [5, 5.41) is 0. The zero-order valence-electron chi connectivity index (χ0n) is 11.5. The average Bonchev–Trinajstić information content (AvgIpc) is 2.41. The van der Waals surface area contributed by atoms with Gasteiger partial charge in [0.1, 0.15) is 0 Å². The van der Waals surface area contributed by atoms with Gasteiger partial charge in [-0.3, -0.25) is 0 Å². The zero-order valence-corrected chi connectivity index (χ0v) is 16.9. The lowest BCUT2D eigenvalue weighted by Gasteiger charge is -2.14. The molecule has 0 aliphatic carbocycles. The Labute approximate surface area is 151 Å². The predicted octanol–water partition coefficient (Wildman–Crippen LogP) is 6.74. The monoisotopic (exact) mass is 506 g/mol. The topological polar surface area (TPSA) is 0 Å². The van der Waals surface area contributed by atoms with Crippen LogP contribution in [0.2, 0.25) is 0 Å². The molecule has 1 unspecified atom stereocenters. The minimum atomic E-state index is 0.236. The number of rotatable bonds is 4. The summed E-state index contributed by atoms with van der Waals surface area (Å²) in [7, 11) is 0. The molecule has 0 aliphatic rings. The van der Waals surface area contributed by atoms with E-state index in [0.717, 1.165) is 10.9 Å². The fraction of sp³-hybridized carbons (Fsp3) is 0.294. The molecule has 20 heavy (non-hydrogen) atoms. The number of alkyl halides is 1. The molecule has 0 heterocycles. The van der Waals surface area contributed by atoms with Crippen LogP contribution in [0.25, 0.3) is 0 Å². The minimum Gasteiger partial charge on any atom is -0.0786 e. The zero-order chi connectivity index (χ0) is 14.7. The first-order chi connectivity index (χ1) is 9.47. The Morgan fingerprint density at radius 1 is 1.05 bits per heavy atom. The van der Waals surface area contributed by atoms with E-state index in [4.69, 9.17) is 0 Å². The largest absolute Gasteiger partial charge is 0.0786 e. The highest BCUT2D eigenvalue weighted by Crippen LogP contribution is 2.35. The first-order valence-electron chi connectivity index (χ1n) is 6.65. The van der Waals surface area contributed by atoms with E-state index in [1.165, 1.54) is 20.3 Å². The Morgan fingerprint density at radius 2 is 1.70 bits per heavy atom. The maximum atomic E-state index is 3.83. The second kappa shape index (κ2) is 7.41. The molecule has 0 bridgehead atoms. The molecule has 0 radical (unpaired) electrons. The van der Waals surface area contributed by atoms with Gasteiger partial charge in [0.2, 0.25) is 0 Å². The fourth-order valence-electron chi connectivity index (χ4n) is 2.18. The van der Waals surface area contributed by atoms with Crippen molar-refractivity contribution < 1.29 is 0 Å². The summed E-state index contributed by atoms with van der Waals surface area (Å²) >= 11 is 9.77. The van der Waals surface area contributed by atoms with Crippen molar-refractivity contribution >= 4 is 54.5 Å². The van der Waals surface area contributed by atoms with E-state index < -0.39 is 0 Å². The third kappa shape index (κ3) is 4.31. The van der Waals surface area contributed by atoms with Crippen LogP contribution >= 0.6 is 54.5 Å². The van der Waals surface area contributed by atoms with Gasteiger partial charge in [-0.25, -0.2) is 0 Å². The van der Waals surface area contributed by atoms with Gasteiger partial charge in [-0.2, -0.15) is 0 Å². The van der Waals surface area contributed by atoms with Gasteiger partial charge in [0.25, 0.3) is 0 Å². The Balaban J connectivity index is 2.24. The van der Waals surface area contributed by atoms with Gasteiger partial charge in [0, 0.05) is 8.04 Å². The van der Waals surface area contributed by atoms with E-state index in [2.05, 4.69) is 111 Å². The molecule has 0 nitrogen and oxygen atoms in total. The van der Waals surface area contributed by atoms with Crippen LogP contribution in [-0.4, -0.2) is 0 Å². The van der Waals surface area contributed by atoms with E-state index in [0.29, 0.717) is 5.92 Å². The van der Waals surface area contributed by atoms with Crippen molar-refractivity contribution in [3.8, 4) is 0 Å². The van der Waals surface area contributed by atoms with Crippen molar-refractivity contribution in [2.75, 3.05) is 0 Å². The molecule has 106 valence electrons. The standard InChI is InChI=1S/C17H17Br2I/c1-11(2)9-12-3-5-13(6-4-12)17(19)15-10-14(18)7-8-16(15)20/h3-8,10-11,17H,9H2,1-2H3. The average molecular weight is 508 g/mol. The summed E-state index contributed by atoms with van der Waals surface area (Å²) in [5.41, 5.74) is 4.01. The number of hydrogen-bond acceptors (Lipinski definition) is 0. The van der Waals surface area contributed by atoms with Crippen molar-refractivity contribution in [3.63, 3.8) is 0 Å². The van der Waals surface area contributed by atoms with Crippen LogP contribution in [0.15, 0.2) is 46.9 Å². The molecule has 0 N–H and O–H groups in total. The molecule has 0 aliphatic heterocycles. The van der Waals surface area contributed by atoms with Crippen LogP contribution in [0, 0.1) is 9.49 Å². The normalized spacial score (nSPS) is 12.7. The van der Waals surface area contributed by atoms with Gasteiger partial charge in [-0.1, -0.05) is 70.0 Å². The summed E-state index contributed by atoms with van der Waals surface area (Å²) in [4.78, 5) is 0.236. The molecular formula is C17H17Br2I. The number of hydrogen-bond donors (Lipinski definition) is 0. The summed E-state index contributed by atoms with van der Waals surface area (Å²) in [6, 6.07) is 15.4. The van der Waals surface area contributed by atoms with Crippen LogP contribution in [0.3, 0.4) is 0 Å². The first-order valence-corrected chi connectivity index (χ1v) is 9.44. The first kappa shape index (κ1) is 16.5. The highest BCUT2D eigenvalue weighted by atomic mass is 127. The SMILES string of the molecule is CC(C)Cc1ccc(C(Br)c2cc(Br)ccc2I)cc1. The maximum absolute atomic E-state index is 3.83. The van der Waals surface area contributed by atoms with E-state index in [9.17, 15) is 0 Å². The van der Waals surface area contributed by atoms with E-state index in [1.807, 2.05) is 0 Å². The lowest BCUT2D eigenvalue weighted by Crippen LogP contribution is -1.98. The lowest BCUT2D eigenvalue weighted by atomic mass is 9.99. The summed E-state index contributed by atoms with van der Waals surface area (Å²) in [6.07, 6.45) is 1.14. The molecule has 0 amide bonds. The predicted molar refractivity (Wildman–Crippen MR) is 103 cm³/mol.